The van der Waals surface area contributed by atoms with Gasteiger partial charge in [0, 0.05) is 22.9 Å². The van der Waals surface area contributed by atoms with Crippen molar-refractivity contribution >= 4 is 41.0 Å². The second-order valence-corrected chi connectivity index (χ2v) is 6.63. The fraction of sp³-hybridized carbons (Fsp3) is 0.100. The summed E-state index contributed by atoms with van der Waals surface area (Å²) in [5.41, 5.74) is 1.13. The molecule has 0 unspecified atom stereocenters. The topological polar surface area (TPSA) is 56.1 Å². The van der Waals surface area contributed by atoms with Crippen molar-refractivity contribution in [2.24, 2.45) is 0 Å². The molecular weight excluding hydrogens is 404 g/mol. The fourth-order valence-electron chi connectivity index (χ4n) is 2.45. The summed E-state index contributed by atoms with van der Waals surface area (Å²) in [7, 11) is 1.58. The minimum absolute atomic E-state index is 0.0861. The highest BCUT2D eigenvalue weighted by atomic mass is 35.5. The van der Waals surface area contributed by atoms with Crippen LogP contribution >= 0.6 is 23.2 Å². The van der Waals surface area contributed by atoms with E-state index >= 15 is 0 Å². The van der Waals surface area contributed by atoms with E-state index in [1.54, 1.807) is 31.4 Å². The molecule has 1 N–H and O–H groups in total. The van der Waals surface area contributed by atoms with Gasteiger partial charge < -0.3 is 10.1 Å². The van der Waals surface area contributed by atoms with Gasteiger partial charge >= 0.3 is 0 Å². The SMILES string of the molecule is COc1ccc(/C=C/C(=O)Nc2nn(Cc3c(F)cccc3Cl)cc2Cl)cc1. The molecule has 144 valence electrons. The maximum atomic E-state index is 13.9. The van der Waals surface area contributed by atoms with Gasteiger partial charge in [0.05, 0.1) is 13.7 Å². The summed E-state index contributed by atoms with van der Waals surface area (Å²) in [4.78, 5) is 12.1. The lowest BCUT2D eigenvalue weighted by Crippen LogP contribution is -2.10. The molecule has 0 aliphatic carbocycles. The minimum atomic E-state index is -0.438. The average molecular weight is 420 g/mol. The van der Waals surface area contributed by atoms with E-state index in [2.05, 4.69) is 10.4 Å². The molecule has 3 aromatic rings. The highest BCUT2D eigenvalue weighted by Crippen LogP contribution is 2.23. The number of rotatable bonds is 6. The van der Waals surface area contributed by atoms with Crippen LogP contribution in [-0.4, -0.2) is 22.8 Å². The zero-order valence-corrected chi connectivity index (χ0v) is 16.3. The predicted octanol–water partition coefficient (Wildman–Crippen LogP) is 5.04. The first-order valence-electron chi connectivity index (χ1n) is 8.25. The number of halogens is 3. The number of hydrogen-bond acceptors (Lipinski definition) is 3. The fourth-order valence-corrected chi connectivity index (χ4v) is 2.87. The molecule has 8 heteroatoms. The lowest BCUT2D eigenvalue weighted by atomic mass is 10.2. The Balaban J connectivity index is 1.67. The maximum absolute atomic E-state index is 13.9. The van der Waals surface area contributed by atoms with Gasteiger partial charge in [-0.3, -0.25) is 9.48 Å². The molecule has 1 heterocycles. The molecule has 0 aliphatic rings. The monoisotopic (exact) mass is 419 g/mol. The quantitative estimate of drug-likeness (QED) is 0.569. The predicted molar refractivity (Wildman–Crippen MR) is 108 cm³/mol. The Hall–Kier alpha value is -2.83. The number of nitrogens with zero attached hydrogens (tertiary/aromatic N) is 2. The second kappa shape index (κ2) is 8.91. The summed E-state index contributed by atoms with van der Waals surface area (Å²) in [6, 6.07) is 11.7. The number of methoxy groups -OCH3 is 1. The van der Waals surface area contributed by atoms with Gasteiger partial charge in [-0.2, -0.15) is 5.10 Å². The summed E-state index contributed by atoms with van der Waals surface area (Å²) >= 11 is 12.2. The molecule has 0 spiro atoms. The van der Waals surface area contributed by atoms with Gasteiger partial charge in [0.2, 0.25) is 5.91 Å². The van der Waals surface area contributed by atoms with Crippen molar-refractivity contribution in [1.29, 1.82) is 0 Å². The number of benzene rings is 2. The van der Waals surface area contributed by atoms with Crippen LogP contribution in [0.1, 0.15) is 11.1 Å². The van der Waals surface area contributed by atoms with Crippen molar-refractivity contribution in [3.63, 3.8) is 0 Å². The van der Waals surface area contributed by atoms with E-state index in [1.165, 1.54) is 29.1 Å². The van der Waals surface area contributed by atoms with Gasteiger partial charge in [0.1, 0.15) is 16.6 Å². The minimum Gasteiger partial charge on any atom is -0.497 e. The van der Waals surface area contributed by atoms with Crippen LogP contribution in [0.5, 0.6) is 5.75 Å². The van der Waals surface area contributed by atoms with E-state index in [0.29, 0.717) is 10.6 Å². The van der Waals surface area contributed by atoms with E-state index in [1.807, 2.05) is 12.1 Å². The number of aromatic nitrogens is 2. The maximum Gasteiger partial charge on any atom is 0.249 e. The largest absolute Gasteiger partial charge is 0.497 e. The van der Waals surface area contributed by atoms with Crippen molar-refractivity contribution in [3.8, 4) is 5.75 Å². The highest BCUT2D eigenvalue weighted by molar-refractivity contribution is 6.33. The molecule has 5 nitrogen and oxygen atoms in total. The van der Waals surface area contributed by atoms with E-state index in [9.17, 15) is 9.18 Å². The Bertz CT molecular complexity index is 997. The smallest absolute Gasteiger partial charge is 0.249 e. The zero-order valence-electron chi connectivity index (χ0n) is 14.8. The third-order valence-corrected chi connectivity index (χ3v) is 4.51. The van der Waals surface area contributed by atoms with Crippen molar-refractivity contribution in [2.75, 3.05) is 12.4 Å². The Kier molecular flexibility index (Phi) is 6.34. The number of nitrogens with one attached hydrogen (secondary N) is 1. The normalized spacial score (nSPS) is 11.0. The van der Waals surface area contributed by atoms with E-state index in [0.717, 1.165) is 11.3 Å². The number of hydrogen-bond donors (Lipinski definition) is 1. The van der Waals surface area contributed by atoms with Crippen molar-refractivity contribution in [3.05, 3.63) is 81.7 Å². The summed E-state index contributed by atoms with van der Waals surface area (Å²) in [5, 5.41) is 7.31. The molecular formula is C20H16Cl2FN3O2. The number of ether oxygens (including phenoxy) is 1. The first-order valence-corrected chi connectivity index (χ1v) is 9.01. The van der Waals surface area contributed by atoms with Crippen LogP contribution in [0, 0.1) is 5.82 Å². The molecule has 2 aromatic carbocycles. The molecule has 0 radical (unpaired) electrons. The highest BCUT2D eigenvalue weighted by Gasteiger charge is 2.12. The number of amides is 1. The molecule has 0 fully saturated rings. The van der Waals surface area contributed by atoms with Crippen LogP contribution in [0.3, 0.4) is 0 Å². The molecule has 1 aromatic heterocycles. The van der Waals surface area contributed by atoms with Crippen LogP contribution in [-0.2, 0) is 11.3 Å². The van der Waals surface area contributed by atoms with E-state index in [4.69, 9.17) is 27.9 Å². The number of carbonyl (C=O) groups is 1. The summed E-state index contributed by atoms with van der Waals surface area (Å²) in [6.07, 6.45) is 4.51. The van der Waals surface area contributed by atoms with Gasteiger partial charge in [-0.25, -0.2) is 4.39 Å². The molecule has 1 amide bonds. The van der Waals surface area contributed by atoms with Crippen molar-refractivity contribution in [2.45, 2.75) is 6.54 Å². The van der Waals surface area contributed by atoms with Crippen LogP contribution < -0.4 is 10.1 Å². The Morgan fingerprint density at radius 1 is 1.21 bits per heavy atom. The van der Waals surface area contributed by atoms with Gasteiger partial charge in [0.25, 0.3) is 0 Å². The second-order valence-electron chi connectivity index (χ2n) is 5.82. The molecule has 0 bridgehead atoms. The first kappa shape index (κ1) is 19.9. The Morgan fingerprint density at radius 3 is 2.64 bits per heavy atom. The third-order valence-electron chi connectivity index (χ3n) is 3.88. The lowest BCUT2D eigenvalue weighted by Gasteiger charge is -2.05. The van der Waals surface area contributed by atoms with E-state index in [-0.39, 0.29) is 17.4 Å². The average Bonchev–Trinajstić information content (AvgIpc) is 3.02. The van der Waals surface area contributed by atoms with E-state index < -0.39 is 11.7 Å². The van der Waals surface area contributed by atoms with Crippen LogP contribution in [0.4, 0.5) is 10.2 Å². The zero-order chi connectivity index (χ0) is 20.1. The molecule has 0 atom stereocenters. The van der Waals surface area contributed by atoms with Crippen LogP contribution in [0.25, 0.3) is 6.08 Å². The van der Waals surface area contributed by atoms with Gasteiger partial charge in [-0.1, -0.05) is 41.4 Å². The number of anilines is 1. The molecule has 3 rings (SSSR count). The van der Waals surface area contributed by atoms with Gasteiger partial charge in [0.15, 0.2) is 5.82 Å². The van der Waals surface area contributed by atoms with Crippen LogP contribution in [0.2, 0.25) is 10.0 Å². The third kappa shape index (κ3) is 4.91. The standard InChI is InChI=1S/C20H16Cl2FN3O2/c1-28-14-8-5-13(6-9-14)7-10-19(27)24-20-17(22)12-26(25-20)11-15-16(21)3-2-4-18(15)23/h2-10,12H,11H2,1H3,(H,24,25,27)/b10-7+. The summed E-state index contributed by atoms with van der Waals surface area (Å²) < 4.78 is 20.4. The van der Waals surface area contributed by atoms with Crippen LogP contribution in [0.15, 0.2) is 54.7 Å². The first-order chi connectivity index (χ1) is 13.5. The molecule has 0 saturated heterocycles. The number of carbonyl (C=O) groups excluding carboxylic acids is 1. The van der Waals surface area contributed by atoms with Gasteiger partial charge in [-0.15, -0.1) is 0 Å². The molecule has 0 aliphatic heterocycles. The molecule has 0 saturated carbocycles. The van der Waals surface area contributed by atoms with Gasteiger partial charge in [-0.05, 0) is 35.9 Å². The Morgan fingerprint density at radius 2 is 1.96 bits per heavy atom. The summed E-state index contributed by atoms with van der Waals surface area (Å²) in [6.45, 7) is 0.0861. The molecule has 28 heavy (non-hydrogen) atoms. The van der Waals surface area contributed by atoms with Crippen molar-refractivity contribution < 1.29 is 13.9 Å². The van der Waals surface area contributed by atoms with Crippen molar-refractivity contribution in [1.82, 2.24) is 9.78 Å². The summed E-state index contributed by atoms with van der Waals surface area (Å²) in [5.74, 6) is 0.0754. The Labute approximate surface area is 171 Å². The lowest BCUT2D eigenvalue weighted by molar-refractivity contribution is -0.111.